The van der Waals surface area contributed by atoms with Crippen molar-refractivity contribution in [2.75, 3.05) is 37.8 Å². The SMILES string of the molecule is CCSc1cccc(C(=O)N(CC[NH+](C)C)c2nc3ccc(C)cc3s2)c1. The molecule has 0 unspecified atom stereocenters. The van der Waals surface area contributed by atoms with Gasteiger partial charge >= 0.3 is 0 Å². The molecule has 0 atom stereocenters. The molecule has 0 aliphatic carbocycles. The second-order valence-electron chi connectivity index (χ2n) is 6.84. The van der Waals surface area contributed by atoms with Gasteiger partial charge in [0, 0.05) is 10.5 Å². The zero-order valence-corrected chi connectivity index (χ0v) is 17.9. The number of amides is 1. The third kappa shape index (κ3) is 4.89. The first-order valence-electron chi connectivity index (χ1n) is 9.19. The van der Waals surface area contributed by atoms with E-state index in [1.54, 1.807) is 23.1 Å². The quantitative estimate of drug-likeness (QED) is 0.617. The second kappa shape index (κ2) is 8.87. The topological polar surface area (TPSA) is 37.6 Å². The standard InChI is InChI=1S/C21H25N3OS2/c1-5-26-17-8-6-7-16(14-17)20(25)24(12-11-23(3)4)21-22-18-10-9-15(2)13-19(18)27-21/h6-10,13-14H,5,11-12H2,1-4H3/p+1. The average molecular weight is 401 g/mol. The number of quaternary nitrogens is 1. The number of carbonyl (C=O) groups excluding carboxylic acids is 1. The van der Waals surface area contributed by atoms with Gasteiger partial charge in [-0.05, 0) is 48.6 Å². The van der Waals surface area contributed by atoms with Crippen LogP contribution in [0.15, 0.2) is 47.4 Å². The van der Waals surface area contributed by atoms with Crippen molar-refractivity contribution < 1.29 is 9.69 Å². The van der Waals surface area contributed by atoms with Crippen molar-refractivity contribution in [1.82, 2.24) is 4.98 Å². The number of benzene rings is 2. The van der Waals surface area contributed by atoms with E-state index in [0.717, 1.165) is 38.1 Å². The van der Waals surface area contributed by atoms with E-state index in [2.05, 4.69) is 46.1 Å². The highest BCUT2D eigenvalue weighted by molar-refractivity contribution is 7.99. The highest BCUT2D eigenvalue weighted by Crippen LogP contribution is 2.30. The summed E-state index contributed by atoms with van der Waals surface area (Å²) in [6.45, 7) is 5.71. The fourth-order valence-corrected chi connectivity index (χ4v) is 4.60. The Morgan fingerprint density at radius 1 is 1.22 bits per heavy atom. The molecule has 27 heavy (non-hydrogen) atoms. The Morgan fingerprint density at radius 2 is 2.04 bits per heavy atom. The summed E-state index contributed by atoms with van der Waals surface area (Å²) in [5, 5.41) is 0.774. The van der Waals surface area contributed by atoms with Crippen LogP contribution in [0.1, 0.15) is 22.8 Å². The summed E-state index contributed by atoms with van der Waals surface area (Å²) >= 11 is 3.34. The first-order chi connectivity index (χ1) is 13.0. The van der Waals surface area contributed by atoms with Crippen molar-refractivity contribution >= 4 is 44.4 Å². The summed E-state index contributed by atoms with van der Waals surface area (Å²) < 4.78 is 1.12. The van der Waals surface area contributed by atoms with Gasteiger partial charge < -0.3 is 4.90 Å². The van der Waals surface area contributed by atoms with Crippen LogP contribution >= 0.6 is 23.1 Å². The lowest BCUT2D eigenvalue weighted by molar-refractivity contribution is -0.856. The van der Waals surface area contributed by atoms with E-state index in [-0.39, 0.29) is 5.91 Å². The predicted octanol–water partition coefficient (Wildman–Crippen LogP) is 3.51. The molecule has 142 valence electrons. The first kappa shape index (κ1) is 19.9. The number of thioether (sulfide) groups is 1. The Morgan fingerprint density at radius 3 is 2.78 bits per heavy atom. The van der Waals surface area contributed by atoms with Crippen molar-refractivity contribution in [3.8, 4) is 0 Å². The third-order valence-corrected chi connectivity index (χ3v) is 6.15. The average Bonchev–Trinajstić information content (AvgIpc) is 3.04. The van der Waals surface area contributed by atoms with E-state index < -0.39 is 0 Å². The number of nitrogens with one attached hydrogen (secondary N) is 1. The zero-order valence-electron chi connectivity index (χ0n) is 16.3. The number of fused-ring (bicyclic) bond motifs is 1. The van der Waals surface area contributed by atoms with E-state index in [9.17, 15) is 4.79 Å². The van der Waals surface area contributed by atoms with Gasteiger partial charge in [-0.2, -0.15) is 0 Å². The number of aromatic nitrogens is 1. The number of hydrogen-bond donors (Lipinski definition) is 1. The number of rotatable bonds is 7. The molecule has 1 heterocycles. The van der Waals surface area contributed by atoms with Crippen molar-refractivity contribution in [2.45, 2.75) is 18.7 Å². The molecule has 0 fully saturated rings. The molecule has 0 bridgehead atoms. The van der Waals surface area contributed by atoms with Crippen LogP contribution < -0.4 is 9.80 Å². The normalized spacial score (nSPS) is 11.3. The zero-order chi connectivity index (χ0) is 19.4. The fourth-order valence-electron chi connectivity index (χ4n) is 2.80. The van der Waals surface area contributed by atoms with E-state index in [1.165, 1.54) is 10.5 Å². The first-order valence-corrected chi connectivity index (χ1v) is 11.0. The molecule has 2 aromatic carbocycles. The molecule has 1 amide bonds. The Balaban J connectivity index is 1.96. The van der Waals surface area contributed by atoms with Crippen LogP contribution in [-0.4, -0.2) is 43.8 Å². The van der Waals surface area contributed by atoms with E-state index in [4.69, 9.17) is 4.98 Å². The maximum Gasteiger partial charge on any atom is 0.260 e. The fraction of sp³-hybridized carbons (Fsp3) is 0.333. The molecule has 0 saturated heterocycles. The van der Waals surface area contributed by atoms with Crippen molar-refractivity contribution in [1.29, 1.82) is 0 Å². The van der Waals surface area contributed by atoms with Gasteiger partial charge in [-0.3, -0.25) is 9.69 Å². The van der Waals surface area contributed by atoms with Crippen LogP contribution in [0, 0.1) is 6.92 Å². The molecule has 1 N–H and O–H groups in total. The van der Waals surface area contributed by atoms with Gasteiger partial charge in [0.05, 0.1) is 37.4 Å². The van der Waals surface area contributed by atoms with Gasteiger partial charge in [0.2, 0.25) is 0 Å². The molecule has 1 aromatic heterocycles. The molecule has 0 aliphatic heterocycles. The molecule has 0 radical (unpaired) electrons. The summed E-state index contributed by atoms with van der Waals surface area (Å²) in [6.07, 6.45) is 0. The van der Waals surface area contributed by atoms with Gasteiger partial charge in [0.1, 0.15) is 0 Å². The number of carbonyl (C=O) groups is 1. The van der Waals surface area contributed by atoms with Gasteiger partial charge in [-0.1, -0.05) is 30.4 Å². The van der Waals surface area contributed by atoms with Gasteiger partial charge in [-0.15, -0.1) is 11.8 Å². The monoisotopic (exact) mass is 400 g/mol. The molecular weight excluding hydrogens is 374 g/mol. The van der Waals surface area contributed by atoms with E-state index in [1.807, 2.05) is 29.2 Å². The largest absolute Gasteiger partial charge is 0.338 e. The lowest BCUT2D eigenvalue weighted by Crippen LogP contribution is -3.06. The maximum atomic E-state index is 13.3. The number of aryl methyl sites for hydroxylation is 1. The Kier molecular flexibility index (Phi) is 6.52. The Bertz CT molecular complexity index is 936. The number of hydrogen-bond acceptors (Lipinski definition) is 4. The Hall–Kier alpha value is -1.89. The summed E-state index contributed by atoms with van der Waals surface area (Å²) in [5.41, 5.74) is 2.88. The predicted molar refractivity (Wildman–Crippen MR) is 117 cm³/mol. The molecular formula is C21H26N3OS2+. The van der Waals surface area contributed by atoms with Gasteiger partial charge in [0.25, 0.3) is 5.91 Å². The molecule has 3 rings (SSSR count). The highest BCUT2D eigenvalue weighted by atomic mass is 32.2. The molecule has 0 spiro atoms. The summed E-state index contributed by atoms with van der Waals surface area (Å²) in [4.78, 5) is 22.3. The van der Waals surface area contributed by atoms with Crippen molar-refractivity contribution in [3.05, 3.63) is 53.6 Å². The minimum atomic E-state index is 0.0191. The Labute approximate surface area is 169 Å². The minimum absolute atomic E-state index is 0.0191. The molecule has 0 aliphatic rings. The molecule has 3 aromatic rings. The summed E-state index contributed by atoms with van der Waals surface area (Å²) in [6, 6.07) is 14.1. The van der Waals surface area contributed by atoms with Gasteiger partial charge in [0.15, 0.2) is 5.13 Å². The van der Waals surface area contributed by atoms with Crippen LogP contribution in [0.4, 0.5) is 5.13 Å². The van der Waals surface area contributed by atoms with E-state index in [0.29, 0.717) is 6.54 Å². The van der Waals surface area contributed by atoms with Crippen LogP contribution in [0.3, 0.4) is 0 Å². The molecule has 6 heteroatoms. The van der Waals surface area contributed by atoms with Crippen LogP contribution in [0.5, 0.6) is 0 Å². The lowest BCUT2D eigenvalue weighted by Gasteiger charge is -2.21. The number of likely N-dealkylation sites (N-methyl/N-ethyl adjacent to an activating group) is 1. The lowest BCUT2D eigenvalue weighted by atomic mass is 10.2. The maximum absolute atomic E-state index is 13.3. The summed E-state index contributed by atoms with van der Waals surface area (Å²) in [5.74, 6) is 1.01. The molecule has 4 nitrogen and oxygen atoms in total. The van der Waals surface area contributed by atoms with Gasteiger partial charge in [-0.25, -0.2) is 4.98 Å². The van der Waals surface area contributed by atoms with Crippen molar-refractivity contribution in [3.63, 3.8) is 0 Å². The molecule has 0 saturated carbocycles. The summed E-state index contributed by atoms with van der Waals surface area (Å²) in [7, 11) is 4.20. The highest BCUT2D eigenvalue weighted by Gasteiger charge is 2.22. The number of anilines is 1. The number of nitrogens with zero attached hydrogens (tertiary/aromatic N) is 2. The van der Waals surface area contributed by atoms with Crippen LogP contribution in [-0.2, 0) is 0 Å². The van der Waals surface area contributed by atoms with Crippen LogP contribution in [0.2, 0.25) is 0 Å². The number of thiazole rings is 1. The van der Waals surface area contributed by atoms with E-state index >= 15 is 0 Å². The smallest absolute Gasteiger partial charge is 0.260 e. The second-order valence-corrected chi connectivity index (χ2v) is 9.19. The van der Waals surface area contributed by atoms with Crippen molar-refractivity contribution in [2.24, 2.45) is 0 Å². The van der Waals surface area contributed by atoms with Crippen LogP contribution in [0.25, 0.3) is 10.2 Å². The third-order valence-electron chi connectivity index (χ3n) is 4.24. The minimum Gasteiger partial charge on any atom is -0.338 e.